The minimum absolute atomic E-state index is 0.276. The van der Waals surface area contributed by atoms with Gasteiger partial charge in [-0.3, -0.25) is 9.48 Å². The van der Waals surface area contributed by atoms with Crippen LogP contribution in [0, 0.1) is 12.7 Å². The molecule has 1 amide bonds. The van der Waals surface area contributed by atoms with E-state index in [1.165, 1.54) is 18.4 Å². The van der Waals surface area contributed by atoms with Gasteiger partial charge >= 0.3 is 0 Å². The van der Waals surface area contributed by atoms with Gasteiger partial charge in [-0.1, -0.05) is 12.1 Å². The number of rotatable bonds is 4. The van der Waals surface area contributed by atoms with Crippen molar-refractivity contribution in [2.24, 2.45) is 0 Å². The smallest absolute Gasteiger partial charge is 0.260 e. The van der Waals surface area contributed by atoms with Crippen LogP contribution in [-0.2, 0) is 6.54 Å². The molecule has 0 spiro atoms. The number of aromatic nitrogens is 2. The highest BCUT2D eigenvalue weighted by atomic mass is 19.1. The van der Waals surface area contributed by atoms with Crippen molar-refractivity contribution in [2.45, 2.75) is 13.5 Å². The van der Waals surface area contributed by atoms with Crippen molar-refractivity contribution in [2.75, 3.05) is 5.32 Å². The van der Waals surface area contributed by atoms with Gasteiger partial charge in [0.15, 0.2) is 5.82 Å². The molecular weight excluding hydrogens is 285 g/mol. The van der Waals surface area contributed by atoms with Crippen molar-refractivity contribution in [1.29, 1.82) is 0 Å². The quantitative estimate of drug-likeness (QED) is 0.804. The second kappa shape index (κ2) is 5.85. The Morgan fingerprint density at radius 2 is 2.23 bits per heavy atom. The number of aryl methyl sites for hydroxylation is 1. The van der Waals surface area contributed by atoms with Gasteiger partial charge in [-0.05, 0) is 30.7 Å². The number of hydrogen-bond acceptors (Lipinski definition) is 3. The molecule has 5 nitrogen and oxygen atoms in total. The number of amides is 1. The number of carbonyl (C=O) groups excluding carboxylic acids is 1. The molecule has 0 unspecified atom stereocenters. The fourth-order valence-electron chi connectivity index (χ4n) is 2.14. The van der Waals surface area contributed by atoms with Crippen LogP contribution in [0.25, 0.3) is 0 Å². The van der Waals surface area contributed by atoms with Crippen LogP contribution >= 0.6 is 0 Å². The van der Waals surface area contributed by atoms with Gasteiger partial charge in [-0.25, -0.2) is 4.39 Å². The third-order valence-electron chi connectivity index (χ3n) is 3.22. The van der Waals surface area contributed by atoms with E-state index in [2.05, 4.69) is 10.4 Å². The Morgan fingerprint density at radius 3 is 2.95 bits per heavy atom. The predicted octanol–water partition coefficient (Wildman–Crippen LogP) is 3.22. The van der Waals surface area contributed by atoms with Crippen LogP contribution in [0.2, 0.25) is 0 Å². The third kappa shape index (κ3) is 3.06. The first kappa shape index (κ1) is 14.1. The van der Waals surface area contributed by atoms with Crippen molar-refractivity contribution in [3.05, 3.63) is 71.6 Å². The summed E-state index contributed by atoms with van der Waals surface area (Å²) in [5.41, 5.74) is 1.27. The minimum Gasteiger partial charge on any atom is -0.469 e. The molecule has 112 valence electrons. The van der Waals surface area contributed by atoms with Crippen LogP contribution in [0.15, 0.2) is 53.3 Å². The Labute approximate surface area is 126 Å². The van der Waals surface area contributed by atoms with Crippen LogP contribution in [0.5, 0.6) is 0 Å². The molecular formula is C16H14FN3O2. The molecule has 0 aliphatic heterocycles. The molecule has 6 heteroatoms. The van der Waals surface area contributed by atoms with Gasteiger partial charge in [-0.15, -0.1) is 0 Å². The van der Waals surface area contributed by atoms with E-state index in [-0.39, 0.29) is 11.7 Å². The summed E-state index contributed by atoms with van der Waals surface area (Å²) < 4.78 is 19.9. The van der Waals surface area contributed by atoms with Gasteiger partial charge in [-0.2, -0.15) is 5.10 Å². The summed E-state index contributed by atoms with van der Waals surface area (Å²) in [6.45, 7) is 2.15. The topological polar surface area (TPSA) is 60.1 Å². The first-order valence-corrected chi connectivity index (χ1v) is 6.75. The lowest BCUT2D eigenvalue weighted by molar-refractivity contribution is 0.102. The summed E-state index contributed by atoms with van der Waals surface area (Å²) in [5, 5.41) is 6.94. The van der Waals surface area contributed by atoms with E-state index >= 15 is 0 Å². The fraction of sp³-hybridized carbons (Fsp3) is 0.125. The molecule has 0 radical (unpaired) electrons. The lowest BCUT2D eigenvalue weighted by Gasteiger charge is -2.03. The van der Waals surface area contributed by atoms with Gasteiger partial charge in [0, 0.05) is 12.3 Å². The van der Waals surface area contributed by atoms with Gasteiger partial charge < -0.3 is 9.73 Å². The van der Waals surface area contributed by atoms with Crippen LogP contribution in [0.1, 0.15) is 21.7 Å². The summed E-state index contributed by atoms with van der Waals surface area (Å²) in [6.07, 6.45) is 3.19. The molecule has 0 atom stereocenters. The molecule has 0 aliphatic carbocycles. The minimum atomic E-state index is -0.284. The number of halogens is 1. The molecule has 3 rings (SSSR count). The molecule has 0 bridgehead atoms. The van der Waals surface area contributed by atoms with E-state index in [4.69, 9.17) is 4.42 Å². The van der Waals surface area contributed by atoms with Crippen LogP contribution in [0.4, 0.5) is 10.2 Å². The van der Waals surface area contributed by atoms with Gasteiger partial charge in [0.1, 0.15) is 11.6 Å². The predicted molar refractivity (Wildman–Crippen MR) is 79.1 cm³/mol. The van der Waals surface area contributed by atoms with E-state index in [1.54, 1.807) is 36.0 Å². The maximum atomic E-state index is 13.1. The highest BCUT2D eigenvalue weighted by molar-refractivity contribution is 6.04. The highest BCUT2D eigenvalue weighted by Crippen LogP contribution is 2.12. The van der Waals surface area contributed by atoms with Crippen molar-refractivity contribution < 1.29 is 13.6 Å². The maximum absolute atomic E-state index is 13.1. The van der Waals surface area contributed by atoms with Gasteiger partial charge in [0.25, 0.3) is 5.91 Å². The van der Waals surface area contributed by atoms with E-state index < -0.39 is 0 Å². The number of furan rings is 1. The standard InChI is InChI=1S/C16H14FN3O2/c1-11-14(6-8-22-11)16(21)18-15-5-7-20(19-15)10-12-3-2-4-13(17)9-12/h2-9H,10H2,1H3,(H,18,19,21). The monoisotopic (exact) mass is 299 g/mol. The number of nitrogens with zero attached hydrogens (tertiary/aromatic N) is 2. The maximum Gasteiger partial charge on any atom is 0.260 e. The van der Waals surface area contributed by atoms with E-state index in [0.717, 1.165) is 5.56 Å². The lowest BCUT2D eigenvalue weighted by atomic mass is 10.2. The summed E-state index contributed by atoms with van der Waals surface area (Å²) in [7, 11) is 0. The molecule has 0 aliphatic rings. The molecule has 0 fully saturated rings. The largest absolute Gasteiger partial charge is 0.469 e. The molecule has 1 N–H and O–H groups in total. The normalized spacial score (nSPS) is 10.6. The SMILES string of the molecule is Cc1occc1C(=O)Nc1ccn(Cc2cccc(F)c2)n1. The first-order valence-electron chi connectivity index (χ1n) is 6.75. The van der Waals surface area contributed by atoms with E-state index in [1.807, 2.05) is 6.07 Å². The number of carbonyl (C=O) groups is 1. The number of benzene rings is 1. The average molecular weight is 299 g/mol. The van der Waals surface area contributed by atoms with Crippen molar-refractivity contribution in [3.8, 4) is 0 Å². The molecule has 1 aromatic carbocycles. The molecule has 0 saturated carbocycles. The first-order chi connectivity index (χ1) is 10.6. The Bertz CT molecular complexity index is 807. The summed E-state index contributed by atoms with van der Waals surface area (Å²) >= 11 is 0. The third-order valence-corrected chi connectivity index (χ3v) is 3.22. The van der Waals surface area contributed by atoms with Gasteiger partial charge in [0.05, 0.1) is 18.4 Å². The zero-order chi connectivity index (χ0) is 15.5. The zero-order valence-electron chi connectivity index (χ0n) is 11.9. The van der Waals surface area contributed by atoms with Crippen LogP contribution in [-0.4, -0.2) is 15.7 Å². The van der Waals surface area contributed by atoms with Crippen molar-refractivity contribution >= 4 is 11.7 Å². The molecule has 3 aromatic rings. The lowest BCUT2D eigenvalue weighted by Crippen LogP contribution is -2.13. The van der Waals surface area contributed by atoms with Crippen LogP contribution in [0.3, 0.4) is 0 Å². The van der Waals surface area contributed by atoms with E-state index in [0.29, 0.717) is 23.7 Å². The summed E-state index contributed by atoms with van der Waals surface area (Å²) in [5.74, 6) is 0.426. The average Bonchev–Trinajstić information content (AvgIpc) is 3.08. The Balaban J connectivity index is 1.69. The second-order valence-corrected chi connectivity index (χ2v) is 4.87. The number of nitrogens with one attached hydrogen (secondary N) is 1. The molecule has 22 heavy (non-hydrogen) atoms. The van der Waals surface area contributed by atoms with E-state index in [9.17, 15) is 9.18 Å². The fourth-order valence-corrected chi connectivity index (χ4v) is 2.14. The summed E-state index contributed by atoms with van der Waals surface area (Å²) in [6, 6.07) is 9.61. The molecule has 2 heterocycles. The van der Waals surface area contributed by atoms with Crippen molar-refractivity contribution in [1.82, 2.24) is 9.78 Å². The zero-order valence-corrected chi connectivity index (χ0v) is 11.9. The van der Waals surface area contributed by atoms with Crippen molar-refractivity contribution in [3.63, 3.8) is 0 Å². The number of anilines is 1. The number of hydrogen-bond donors (Lipinski definition) is 1. The molecule has 2 aromatic heterocycles. The second-order valence-electron chi connectivity index (χ2n) is 4.87. The van der Waals surface area contributed by atoms with Crippen LogP contribution < -0.4 is 5.32 Å². The van der Waals surface area contributed by atoms with Gasteiger partial charge in [0.2, 0.25) is 0 Å². The Hall–Kier alpha value is -2.89. The Morgan fingerprint density at radius 1 is 1.36 bits per heavy atom. The summed E-state index contributed by atoms with van der Waals surface area (Å²) in [4.78, 5) is 12.0. The highest BCUT2D eigenvalue weighted by Gasteiger charge is 2.12. The molecule has 0 saturated heterocycles. The Kier molecular flexibility index (Phi) is 3.74.